The van der Waals surface area contributed by atoms with Crippen molar-refractivity contribution in [3.8, 4) is 0 Å². The van der Waals surface area contributed by atoms with Crippen molar-refractivity contribution in [3.63, 3.8) is 0 Å². The number of carbonyl (C=O) groups excluding carboxylic acids is 2. The van der Waals surface area contributed by atoms with Crippen LogP contribution in [0.3, 0.4) is 0 Å². The Balaban J connectivity index is 2.14. The molecule has 1 fully saturated rings. The van der Waals surface area contributed by atoms with Crippen molar-refractivity contribution < 1.29 is 9.59 Å². The van der Waals surface area contributed by atoms with E-state index in [1.54, 1.807) is 30.1 Å². The minimum atomic E-state index is -0.419. The number of urea groups is 1. The summed E-state index contributed by atoms with van der Waals surface area (Å²) in [6.45, 7) is 9.74. The Labute approximate surface area is 144 Å². The number of aromatic nitrogens is 1. The topological polar surface area (TPSA) is 56.8 Å². The summed E-state index contributed by atoms with van der Waals surface area (Å²) in [5.74, 6) is 0.311. The monoisotopic (exact) mass is 332 g/mol. The fourth-order valence-electron chi connectivity index (χ4n) is 3.01. The molecule has 2 heterocycles. The van der Waals surface area contributed by atoms with Crippen molar-refractivity contribution in [1.82, 2.24) is 19.7 Å². The fourth-order valence-corrected chi connectivity index (χ4v) is 3.01. The molecule has 1 aromatic rings. The smallest absolute Gasteiger partial charge is 0.319 e. The van der Waals surface area contributed by atoms with Gasteiger partial charge < -0.3 is 14.7 Å². The van der Waals surface area contributed by atoms with Crippen LogP contribution in [0.1, 0.15) is 49.7 Å². The standard InChI is InChI=1S/C18H28N4O2/c1-13(2)15-8-7-14(11-19-15)16(23)22-10-9-21(12-18(22,3)4)17(24)20(5)6/h7-8,11,13H,9-10,12H2,1-6H3. The van der Waals surface area contributed by atoms with E-state index in [0.717, 1.165) is 5.69 Å². The van der Waals surface area contributed by atoms with E-state index < -0.39 is 5.54 Å². The Morgan fingerprint density at radius 2 is 1.88 bits per heavy atom. The predicted molar refractivity (Wildman–Crippen MR) is 94.1 cm³/mol. The van der Waals surface area contributed by atoms with Crippen LogP contribution in [0.4, 0.5) is 4.79 Å². The SMILES string of the molecule is CC(C)c1ccc(C(=O)N2CCN(C(=O)N(C)C)CC2(C)C)cn1. The maximum absolute atomic E-state index is 12.9. The lowest BCUT2D eigenvalue weighted by molar-refractivity contribution is 0.0241. The first-order valence-corrected chi connectivity index (χ1v) is 8.37. The lowest BCUT2D eigenvalue weighted by Gasteiger charge is -2.47. The van der Waals surface area contributed by atoms with E-state index in [9.17, 15) is 9.59 Å². The Morgan fingerprint density at radius 3 is 2.33 bits per heavy atom. The van der Waals surface area contributed by atoms with Crippen LogP contribution in [-0.4, -0.2) is 70.9 Å². The highest BCUT2D eigenvalue weighted by Crippen LogP contribution is 2.24. The van der Waals surface area contributed by atoms with Crippen LogP contribution in [0.25, 0.3) is 0 Å². The summed E-state index contributed by atoms with van der Waals surface area (Å²) in [5, 5.41) is 0. The fraction of sp³-hybridized carbons (Fsp3) is 0.611. The third-order valence-corrected chi connectivity index (χ3v) is 4.43. The quantitative estimate of drug-likeness (QED) is 0.836. The number of nitrogens with zero attached hydrogens (tertiary/aromatic N) is 4. The van der Waals surface area contributed by atoms with Crippen LogP contribution in [0, 0.1) is 0 Å². The van der Waals surface area contributed by atoms with Crippen molar-refractivity contribution in [2.45, 2.75) is 39.2 Å². The highest BCUT2D eigenvalue weighted by atomic mass is 16.2. The lowest BCUT2D eigenvalue weighted by Crippen LogP contribution is -2.63. The molecule has 0 atom stereocenters. The summed E-state index contributed by atoms with van der Waals surface area (Å²) in [6, 6.07) is 3.74. The van der Waals surface area contributed by atoms with E-state index in [0.29, 0.717) is 31.1 Å². The second kappa shape index (κ2) is 6.79. The number of rotatable bonds is 2. The minimum absolute atomic E-state index is 0.0156. The molecule has 2 rings (SSSR count). The maximum atomic E-state index is 12.9. The normalized spacial score (nSPS) is 17.1. The summed E-state index contributed by atoms with van der Waals surface area (Å²) in [4.78, 5) is 34.7. The van der Waals surface area contributed by atoms with Crippen LogP contribution < -0.4 is 0 Å². The number of hydrogen-bond donors (Lipinski definition) is 0. The molecule has 1 saturated heterocycles. The van der Waals surface area contributed by atoms with Gasteiger partial charge in [0, 0.05) is 45.6 Å². The first kappa shape index (κ1) is 18.2. The van der Waals surface area contributed by atoms with Gasteiger partial charge in [0.25, 0.3) is 5.91 Å². The molecule has 24 heavy (non-hydrogen) atoms. The van der Waals surface area contributed by atoms with Crippen molar-refractivity contribution in [2.24, 2.45) is 0 Å². The average Bonchev–Trinajstić information content (AvgIpc) is 2.52. The largest absolute Gasteiger partial charge is 0.331 e. The second-order valence-electron chi connectivity index (χ2n) is 7.49. The number of piperazine rings is 1. The first-order chi connectivity index (χ1) is 11.1. The average molecular weight is 332 g/mol. The van der Waals surface area contributed by atoms with Crippen LogP contribution in [0.2, 0.25) is 0 Å². The van der Waals surface area contributed by atoms with Crippen molar-refractivity contribution in [3.05, 3.63) is 29.6 Å². The molecule has 0 unspecified atom stereocenters. The van der Waals surface area contributed by atoms with Crippen molar-refractivity contribution >= 4 is 11.9 Å². The number of pyridine rings is 1. The second-order valence-corrected chi connectivity index (χ2v) is 7.49. The van der Waals surface area contributed by atoms with Crippen LogP contribution in [0.5, 0.6) is 0 Å². The van der Waals surface area contributed by atoms with Crippen molar-refractivity contribution in [2.75, 3.05) is 33.7 Å². The van der Waals surface area contributed by atoms with E-state index in [4.69, 9.17) is 0 Å². The molecule has 132 valence electrons. The molecule has 1 aliphatic heterocycles. The van der Waals surface area contributed by atoms with Gasteiger partial charge in [-0.1, -0.05) is 13.8 Å². The molecular formula is C18H28N4O2. The zero-order valence-electron chi connectivity index (χ0n) is 15.5. The van der Waals surface area contributed by atoms with Crippen molar-refractivity contribution in [1.29, 1.82) is 0 Å². The Kier molecular flexibility index (Phi) is 5.16. The summed E-state index contributed by atoms with van der Waals surface area (Å²) in [6.07, 6.45) is 1.66. The summed E-state index contributed by atoms with van der Waals surface area (Å²) >= 11 is 0. The molecule has 1 aliphatic rings. The van der Waals surface area contributed by atoms with Gasteiger partial charge in [-0.05, 0) is 31.9 Å². The molecular weight excluding hydrogens is 304 g/mol. The maximum Gasteiger partial charge on any atom is 0.319 e. The van der Waals surface area contributed by atoms with Crippen LogP contribution in [-0.2, 0) is 0 Å². The molecule has 0 aromatic carbocycles. The van der Waals surface area contributed by atoms with Gasteiger partial charge in [0.2, 0.25) is 0 Å². The first-order valence-electron chi connectivity index (χ1n) is 8.37. The molecule has 0 bridgehead atoms. The van der Waals surface area contributed by atoms with Gasteiger partial charge in [0.05, 0.1) is 11.1 Å². The third kappa shape index (κ3) is 3.68. The van der Waals surface area contributed by atoms with Gasteiger partial charge in [-0.25, -0.2) is 4.79 Å². The summed E-state index contributed by atoms with van der Waals surface area (Å²) in [5.41, 5.74) is 1.16. The van der Waals surface area contributed by atoms with E-state index in [-0.39, 0.29) is 11.9 Å². The third-order valence-electron chi connectivity index (χ3n) is 4.43. The van der Waals surface area contributed by atoms with Gasteiger partial charge in [-0.2, -0.15) is 0 Å². The van der Waals surface area contributed by atoms with Gasteiger partial charge in [-0.3, -0.25) is 9.78 Å². The Morgan fingerprint density at radius 1 is 1.21 bits per heavy atom. The van der Waals surface area contributed by atoms with E-state index in [1.165, 1.54) is 0 Å². The molecule has 6 heteroatoms. The van der Waals surface area contributed by atoms with E-state index >= 15 is 0 Å². The zero-order valence-corrected chi connectivity index (χ0v) is 15.5. The predicted octanol–water partition coefficient (Wildman–Crippen LogP) is 2.42. The highest BCUT2D eigenvalue weighted by molar-refractivity contribution is 5.94. The number of carbonyl (C=O) groups is 2. The minimum Gasteiger partial charge on any atom is -0.331 e. The number of hydrogen-bond acceptors (Lipinski definition) is 3. The molecule has 0 aliphatic carbocycles. The molecule has 0 spiro atoms. The number of amides is 3. The van der Waals surface area contributed by atoms with Crippen LogP contribution >= 0.6 is 0 Å². The Bertz CT molecular complexity index is 608. The molecule has 3 amide bonds. The van der Waals surface area contributed by atoms with E-state index in [2.05, 4.69) is 18.8 Å². The van der Waals surface area contributed by atoms with Gasteiger partial charge in [0.1, 0.15) is 0 Å². The zero-order chi connectivity index (χ0) is 18.1. The van der Waals surface area contributed by atoms with Crippen LogP contribution in [0.15, 0.2) is 18.3 Å². The molecule has 0 saturated carbocycles. The van der Waals surface area contributed by atoms with E-state index in [1.807, 2.05) is 30.9 Å². The summed E-state index contributed by atoms with van der Waals surface area (Å²) < 4.78 is 0. The molecule has 0 radical (unpaired) electrons. The van der Waals surface area contributed by atoms with Gasteiger partial charge in [-0.15, -0.1) is 0 Å². The van der Waals surface area contributed by atoms with Gasteiger partial charge in [0.15, 0.2) is 0 Å². The molecule has 6 nitrogen and oxygen atoms in total. The molecule has 0 N–H and O–H groups in total. The lowest BCUT2D eigenvalue weighted by atomic mass is 9.97. The summed E-state index contributed by atoms with van der Waals surface area (Å²) in [7, 11) is 3.49. The Hall–Kier alpha value is -2.11. The molecule has 1 aromatic heterocycles. The highest BCUT2D eigenvalue weighted by Gasteiger charge is 2.39. The van der Waals surface area contributed by atoms with Gasteiger partial charge >= 0.3 is 6.03 Å².